The average molecular weight is 529 g/mol. The number of amides is 1. The molecule has 0 radical (unpaired) electrons. The predicted octanol–water partition coefficient (Wildman–Crippen LogP) is 4.91. The molecule has 1 aliphatic rings. The van der Waals surface area contributed by atoms with E-state index in [2.05, 4.69) is 5.32 Å². The van der Waals surface area contributed by atoms with Gasteiger partial charge in [0.15, 0.2) is 0 Å². The van der Waals surface area contributed by atoms with Gasteiger partial charge in [0, 0.05) is 48.2 Å². The summed E-state index contributed by atoms with van der Waals surface area (Å²) in [6.07, 6.45) is 0. The third-order valence-electron chi connectivity index (χ3n) is 5.84. The molecular weight excluding hydrogens is 504 g/mol. The Morgan fingerprint density at radius 3 is 2.47 bits per heavy atom. The molecule has 1 aliphatic heterocycles. The number of nitrogens with one attached hydrogen (secondary N) is 1. The molecule has 2 heterocycles. The molecule has 1 aromatic heterocycles. The zero-order valence-electron chi connectivity index (χ0n) is 19.6. The van der Waals surface area contributed by atoms with E-state index >= 15 is 0 Å². The standard InChI is InChI=1S/C25H25ClN4O5S/c1-2-35-25(32)23-19(17-7-9-18(26)10-8-17)16-36-24(23)27-22(31)15-28-11-13-29(14-12-28)20-5-3-4-6-21(20)30(33)34/h3-10,16H,2,11-15H2,1H3,(H,27,31). The molecule has 1 N–H and O–H groups in total. The first-order chi connectivity index (χ1) is 17.4. The van der Waals surface area contributed by atoms with Crippen LogP contribution in [-0.4, -0.2) is 61.0 Å². The maximum atomic E-state index is 12.9. The van der Waals surface area contributed by atoms with Crippen LogP contribution in [0.15, 0.2) is 53.9 Å². The number of carbonyl (C=O) groups is 2. The average Bonchev–Trinajstić information content (AvgIpc) is 3.28. The van der Waals surface area contributed by atoms with Crippen molar-refractivity contribution in [3.63, 3.8) is 0 Å². The van der Waals surface area contributed by atoms with E-state index in [1.54, 1.807) is 37.3 Å². The van der Waals surface area contributed by atoms with E-state index in [0.29, 0.717) is 53.0 Å². The first kappa shape index (κ1) is 25.6. The van der Waals surface area contributed by atoms with Crippen LogP contribution >= 0.6 is 22.9 Å². The molecule has 36 heavy (non-hydrogen) atoms. The number of nitro benzene ring substituents is 1. The zero-order chi connectivity index (χ0) is 25.7. The molecule has 0 bridgehead atoms. The number of nitrogens with zero attached hydrogens (tertiary/aromatic N) is 3. The molecule has 0 atom stereocenters. The fraction of sp³-hybridized carbons (Fsp3) is 0.280. The molecule has 11 heteroatoms. The second-order valence-corrected chi connectivity index (χ2v) is 9.45. The van der Waals surface area contributed by atoms with Gasteiger partial charge in [-0.15, -0.1) is 11.3 Å². The van der Waals surface area contributed by atoms with Crippen molar-refractivity contribution in [2.24, 2.45) is 0 Å². The van der Waals surface area contributed by atoms with Crippen LogP contribution in [0.4, 0.5) is 16.4 Å². The van der Waals surface area contributed by atoms with Gasteiger partial charge in [0.25, 0.3) is 5.69 Å². The van der Waals surface area contributed by atoms with Gasteiger partial charge in [-0.25, -0.2) is 4.79 Å². The molecule has 0 aliphatic carbocycles. The summed E-state index contributed by atoms with van der Waals surface area (Å²) < 4.78 is 5.25. The molecule has 1 fully saturated rings. The number of rotatable bonds is 8. The summed E-state index contributed by atoms with van der Waals surface area (Å²) in [5.74, 6) is -0.749. The number of nitro groups is 1. The quantitative estimate of drug-likeness (QED) is 0.251. The summed E-state index contributed by atoms with van der Waals surface area (Å²) >= 11 is 7.26. The number of piperazine rings is 1. The summed E-state index contributed by atoms with van der Waals surface area (Å²) in [6.45, 7) is 4.36. The second-order valence-electron chi connectivity index (χ2n) is 8.14. The van der Waals surface area contributed by atoms with Crippen molar-refractivity contribution < 1.29 is 19.2 Å². The largest absolute Gasteiger partial charge is 0.462 e. The van der Waals surface area contributed by atoms with Gasteiger partial charge in [-0.05, 0) is 30.7 Å². The highest BCUT2D eigenvalue weighted by atomic mass is 35.5. The van der Waals surface area contributed by atoms with Crippen LogP contribution in [0.3, 0.4) is 0 Å². The molecule has 3 aromatic rings. The lowest BCUT2D eigenvalue weighted by Gasteiger charge is -2.35. The highest BCUT2D eigenvalue weighted by Crippen LogP contribution is 2.37. The first-order valence-electron chi connectivity index (χ1n) is 11.4. The van der Waals surface area contributed by atoms with E-state index in [-0.39, 0.29) is 29.7 Å². The minimum Gasteiger partial charge on any atom is -0.462 e. The van der Waals surface area contributed by atoms with Crippen LogP contribution < -0.4 is 10.2 Å². The van der Waals surface area contributed by atoms with Crippen molar-refractivity contribution in [2.75, 3.05) is 49.5 Å². The minimum atomic E-state index is -0.503. The van der Waals surface area contributed by atoms with E-state index in [4.69, 9.17) is 16.3 Å². The van der Waals surface area contributed by atoms with E-state index in [1.165, 1.54) is 17.4 Å². The van der Waals surface area contributed by atoms with Gasteiger partial charge in [-0.3, -0.25) is 19.8 Å². The molecule has 1 saturated heterocycles. The van der Waals surface area contributed by atoms with Crippen LogP contribution in [-0.2, 0) is 9.53 Å². The Labute approximate surface area is 217 Å². The van der Waals surface area contributed by atoms with Crippen molar-refractivity contribution in [3.05, 3.63) is 74.6 Å². The molecule has 188 valence electrons. The number of carbonyl (C=O) groups excluding carboxylic acids is 2. The van der Waals surface area contributed by atoms with Crippen LogP contribution in [0, 0.1) is 10.1 Å². The number of hydrogen-bond donors (Lipinski definition) is 1. The Hall–Kier alpha value is -3.47. The third-order valence-corrected chi connectivity index (χ3v) is 6.98. The first-order valence-corrected chi connectivity index (χ1v) is 12.7. The Balaban J connectivity index is 1.42. The van der Waals surface area contributed by atoms with Crippen LogP contribution in [0.25, 0.3) is 11.1 Å². The number of para-hydroxylation sites is 2. The summed E-state index contributed by atoms with van der Waals surface area (Å²) in [6, 6.07) is 13.8. The fourth-order valence-corrected chi connectivity index (χ4v) is 5.20. The summed E-state index contributed by atoms with van der Waals surface area (Å²) in [5, 5.41) is 17.1. The molecule has 0 saturated carbocycles. The second kappa shape index (κ2) is 11.5. The third kappa shape index (κ3) is 5.84. The predicted molar refractivity (Wildman–Crippen MR) is 141 cm³/mol. The number of halogens is 1. The lowest BCUT2D eigenvalue weighted by atomic mass is 10.0. The fourth-order valence-electron chi connectivity index (χ4n) is 4.10. The van der Waals surface area contributed by atoms with Gasteiger partial charge in [0.2, 0.25) is 5.91 Å². The number of anilines is 2. The minimum absolute atomic E-state index is 0.0735. The van der Waals surface area contributed by atoms with E-state index in [0.717, 1.165) is 5.56 Å². The highest BCUT2D eigenvalue weighted by Gasteiger charge is 2.26. The van der Waals surface area contributed by atoms with Crippen LogP contribution in [0.2, 0.25) is 5.02 Å². The Morgan fingerprint density at radius 1 is 1.11 bits per heavy atom. The van der Waals surface area contributed by atoms with E-state index in [1.807, 2.05) is 27.3 Å². The Morgan fingerprint density at radius 2 is 1.81 bits per heavy atom. The van der Waals surface area contributed by atoms with Crippen molar-refractivity contribution in [1.82, 2.24) is 4.90 Å². The molecule has 4 rings (SSSR count). The molecular formula is C25H25ClN4O5S. The number of esters is 1. The Bertz CT molecular complexity index is 1260. The number of ether oxygens (including phenoxy) is 1. The van der Waals surface area contributed by atoms with Crippen LogP contribution in [0.5, 0.6) is 0 Å². The Kier molecular flexibility index (Phi) is 8.19. The summed E-state index contributed by atoms with van der Waals surface area (Å²) in [5.41, 5.74) is 2.44. The van der Waals surface area contributed by atoms with Gasteiger partial charge in [-0.2, -0.15) is 0 Å². The van der Waals surface area contributed by atoms with Gasteiger partial charge < -0.3 is 15.0 Å². The normalized spacial score (nSPS) is 13.9. The number of benzene rings is 2. The smallest absolute Gasteiger partial charge is 0.341 e. The molecule has 2 aromatic carbocycles. The van der Waals surface area contributed by atoms with Gasteiger partial charge in [0.1, 0.15) is 16.3 Å². The molecule has 0 unspecified atom stereocenters. The lowest BCUT2D eigenvalue weighted by Crippen LogP contribution is -2.48. The van der Waals surface area contributed by atoms with E-state index < -0.39 is 5.97 Å². The van der Waals surface area contributed by atoms with Gasteiger partial charge in [-0.1, -0.05) is 35.9 Å². The van der Waals surface area contributed by atoms with Gasteiger partial charge >= 0.3 is 5.97 Å². The summed E-state index contributed by atoms with van der Waals surface area (Å²) in [7, 11) is 0. The maximum absolute atomic E-state index is 12.9. The monoisotopic (exact) mass is 528 g/mol. The molecule has 0 spiro atoms. The number of thiophene rings is 1. The van der Waals surface area contributed by atoms with Crippen molar-refractivity contribution in [3.8, 4) is 11.1 Å². The molecule has 1 amide bonds. The van der Waals surface area contributed by atoms with E-state index in [9.17, 15) is 19.7 Å². The van der Waals surface area contributed by atoms with Crippen molar-refractivity contribution in [1.29, 1.82) is 0 Å². The SMILES string of the molecule is CCOC(=O)c1c(-c2ccc(Cl)cc2)csc1NC(=O)CN1CCN(c2ccccc2[N+](=O)[O-])CC1. The highest BCUT2D eigenvalue weighted by molar-refractivity contribution is 7.15. The summed E-state index contributed by atoms with van der Waals surface area (Å²) in [4.78, 5) is 40.5. The lowest BCUT2D eigenvalue weighted by molar-refractivity contribution is -0.384. The number of hydrogen-bond acceptors (Lipinski definition) is 8. The van der Waals surface area contributed by atoms with Crippen LogP contribution in [0.1, 0.15) is 17.3 Å². The topological polar surface area (TPSA) is 105 Å². The van der Waals surface area contributed by atoms with Crippen molar-refractivity contribution in [2.45, 2.75) is 6.92 Å². The van der Waals surface area contributed by atoms with Gasteiger partial charge in [0.05, 0.1) is 18.1 Å². The van der Waals surface area contributed by atoms with Crippen molar-refractivity contribution >= 4 is 51.2 Å². The molecule has 9 nitrogen and oxygen atoms in total. The zero-order valence-corrected chi connectivity index (χ0v) is 21.2. The maximum Gasteiger partial charge on any atom is 0.341 e.